The fraction of sp³-hybridized carbons (Fsp3) is 0.0714. The highest BCUT2D eigenvalue weighted by atomic mass is 79.9. The molecule has 104 valence electrons. The smallest absolute Gasteiger partial charge is 0.137 e. The van der Waals surface area contributed by atoms with Gasteiger partial charge in [0, 0.05) is 5.56 Å². The Labute approximate surface area is 134 Å². The van der Waals surface area contributed by atoms with Gasteiger partial charge in [-0.05, 0) is 51.8 Å². The maximum Gasteiger partial charge on any atom is 0.137 e. The van der Waals surface area contributed by atoms with Gasteiger partial charge in [-0.1, -0.05) is 29.9 Å². The van der Waals surface area contributed by atoms with E-state index >= 15 is 0 Å². The maximum absolute atomic E-state index is 13.1. The summed E-state index contributed by atoms with van der Waals surface area (Å²) in [5.74, 6) is 0.285. The van der Waals surface area contributed by atoms with Gasteiger partial charge in [-0.3, -0.25) is 0 Å². The molecule has 0 fully saturated rings. The SMILES string of the molecule is NC(=S)c1ccc(OCc2ccc(F)c(Br)c2)cc1Cl. The van der Waals surface area contributed by atoms with Crippen LogP contribution in [0.5, 0.6) is 5.75 Å². The van der Waals surface area contributed by atoms with Crippen LogP contribution in [0.3, 0.4) is 0 Å². The Kier molecular flexibility index (Phi) is 4.96. The van der Waals surface area contributed by atoms with Crippen LogP contribution in [0.4, 0.5) is 4.39 Å². The Bertz CT molecular complexity index is 666. The number of thiocarbonyl (C=S) groups is 1. The summed E-state index contributed by atoms with van der Waals surface area (Å²) >= 11 is 14.0. The largest absolute Gasteiger partial charge is 0.489 e. The molecule has 0 amide bonds. The molecule has 0 aliphatic rings. The first-order valence-electron chi connectivity index (χ1n) is 5.63. The van der Waals surface area contributed by atoms with Gasteiger partial charge in [-0.2, -0.15) is 0 Å². The molecule has 0 aliphatic heterocycles. The van der Waals surface area contributed by atoms with E-state index in [0.29, 0.717) is 27.4 Å². The van der Waals surface area contributed by atoms with Crippen LogP contribution in [-0.2, 0) is 6.61 Å². The fourth-order valence-corrected chi connectivity index (χ4v) is 2.51. The van der Waals surface area contributed by atoms with E-state index < -0.39 is 0 Å². The van der Waals surface area contributed by atoms with Crippen LogP contribution in [0.25, 0.3) is 0 Å². The Morgan fingerprint density at radius 3 is 2.65 bits per heavy atom. The average molecular weight is 375 g/mol. The summed E-state index contributed by atoms with van der Waals surface area (Å²) in [5, 5.41) is 0.440. The van der Waals surface area contributed by atoms with Crippen molar-refractivity contribution in [3.05, 3.63) is 62.8 Å². The summed E-state index contributed by atoms with van der Waals surface area (Å²) in [5.41, 5.74) is 6.98. The minimum Gasteiger partial charge on any atom is -0.489 e. The van der Waals surface area contributed by atoms with Crippen LogP contribution in [-0.4, -0.2) is 4.99 Å². The van der Waals surface area contributed by atoms with Gasteiger partial charge in [0.05, 0.1) is 9.50 Å². The van der Waals surface area contributed by atoms with Gasteiger partial charge in [-0.15, -0.1) is 0 Å². The van der Waals surface area contributed by atoms with E-state index in [1.165, 1.54) is 6.07 Å². The number of hydrogen-bond acceptors (Lipinski definition) is 2. The third-order valence-electron chi connectivity index (χ3n) is 2.60. The van der Waals surface area contributed by atoms with E-state index in [1.807, 2.05) is 0 Å². The van der Waals surface area contributed by atoms with Gasteiger partial charge < -0.3 is 10.5 Å². The van der Waals surface area contributed by atoms with Crippen LogP contribution in [0.1, 0.15) is 11.1 Å². The Hall–Kier alpha value is -1.17. The van der Waals surface area contributed by atoms with Crippen molar-refractivity contribution in [3.63, 3.8) is 0 Å². The lowest BCUT2D eigenvalue weighted by molar-refractivity contribution is 0.306. The number of halogens is 3. The Morgan fingerprint density at radius 1 is 1.30 bits per heavy atom. The van der Waals surface area contributed by atoms with E-state index in [0.717, 1.165) is 5.56 Å². The zero-order chi connectivity index (χ0) is 14.7. The van der Waals surface area contributed by atoms with Crippen molar-refractivity contribution in [2.24, 2.45) is 5.73 Å². The molecular formula is C14H10BrClFNOS. The number of hydrogen-bond donors (Lipinski definition) is 1. The Morgan fingerprint density at radius 2 is 2.05 bits per heavy atom. The molecule has 0 atom stereocenters. The van der Waals surface area contributed by atoms with E-state index in [9.17, 15) is 4.39 Å². The molecule has 0 aromatic heterocycles. The molecular weight excluding hydrogens is 365 g/mol. The van der Waals surface area contributed by atoms with Gasteiger partial charge in [0.2, 0.25) is 0 Å². The standard InChI is InChI=1S/C14H10BrClFNOS/c15-11-5-8(1-4-13(11)17)7-19-9-2-3-10(14(18)20)12(16)6-9/h1-6H,7H2,(H2,18,20). The molecule has 20 heavy (non-hydrogen) atoms. The van der Waals surface area contributed by atoms with Gasteiger partial charge in [0.25, 0.3) is 0 Å². The molecule has 2 aromatic carbocycles. The van der Waals surface area contributed by atoms with E-state index in [1.54, 1.807) is 30.3 Å². The van der Waals surface area contributed by atoms with E-state index in [4.69, 9.17) is 34.3 Å². The number of nitrogens with two attached hydrogens (primary N) is 1. The van der Waals surface area contributed by atoms with Crippen molar-refractivity contribution in [1.29, 1.82) is 0 Å². The van der Waals surface area contributed by atoms with Gasteiger partial charge >= 0.3 is 0 Å². The quantitative estimate of drug-likeness (QED) is 0.803. The maximum atomic E-state index is 13.1. The molecule has 0 heterocycles. The van der Waals surface area contributed by atoms with Crippen LogP contribution in [0.15, 0.2) is 40.9 Å². The first-order chi connectivity index (χ1) is 9.47. The zero-order valence-electron chi connectivity index (χ0n) is 10.2. The lowest BCUT2D eigenvalue weighted by Crippen LogP contribution is -2.09. The second-order valence-electron chi connectivity index (χ2n) is 4.04. The van der Waals surface area contributed by atoms with Gasteiger partial charge in [0.1, 0.15) is 23.2 Å². The summed E-state index contributed by atoms with van der Waals surface area (Å²) in [6, 6.07) is 9.80. The van der Waals surface area contributed by atoms with E-state index in [2.05, 4.69) is 15.9 Å². The summed E-state index contributed by atoms with van der Waals surface area (Å²) < 4.78 is 19.1. The number of ether oxygens (including phenoxy) is 1. The predicted molar refractivity (Wildman–Crippen MR) is 85.8 cm³/mol. The van der Waals surface area contributed by atoms with Crippen molar-refractivity contribution < 1.29 is 9.13 Å². The minimum atomic E-state index is -0.308. The van der Waals surface area contributed by atoms with Crippen molar-refractivity contribution in [2.75, 3.05) is 0 Å². The summed E-state index contributed by atoms with van der Waals surface area (Å²) in [4.78, 5) is 0.240. The highest BCUT2D eigenvalue weighted by Gasteiger charge is 2.06. The van der Waals surface area contributed by atoms with Crippen LogP contribution in [0, 0.1) is 5.82 Å². The third-order valence-corrected chi connectivity index (χ3v) is 3.74. The molecule has 6 heteroatoms. The minimum absolute atomic E-state index is 0.240. The van der Waals surface area contributed by atoms with Crippen LogP contribution >= 0.6 is 39.7 Å². The molecule has 2 rings (SSSR count). The summed E-state index contributed by atoms with van der Waals surface area (Å²) in [6.07, 6.45) is 0. The molecule has 0 radical (unpaired) electrons. The Balaban J connectivity index is 2.09. The fourth-order valence-electron chi connectivity index (χ4n) is 1.58. The normalized spacial score (nSPS) is 10.3. The highest BCUT2D eigenvalue weighted by Crippen LogP contribution is 2.24. The topological polar surface area (TPSA) is 35.2 Å². The van der Waals surface area contributed by atoms with Crippen molar-refractivity contribution in [3.8, 4) is 5.75 Å². The summed E-state index contributed by atoms with van der Waals surface area (Å²) in [7, 11) is 0. The van der Waals surface area contributed by atoms with Crippen molar-refractivity contribution in [2.45, 2.75) is 6.61 Å². The lowest BCUT2D eigenvalue weighted by Gasteiger charge is -2.09. The monoisotopic (exact) mass is 373 g/mol. The molecule has 0 aliphatic carbocycles. The molecule has 0 spiro atoms. The zero-order valence-corrected chi connectivity index (χ0v) is 13.4. The van der Waals surface area contributed by atoms with E-state index in [-0.39, 0.29) is 10.8 Å². The van der Waals surface area contributed by atoms with Crippen LogP contribution < -0.4 is 10.5 Å². The predicted octanol–water partition coefficient (Wildman–Crippen LogP) is 4.45. The molecule has 2 aromatic rings. The molecule has 0 unspecified atom stereocenters. The lowest BCUT2D eigenvalue weighted by atomic mass is 10.2. The van der Waals surface area contributed by atoms with Gasteiger partial charge in [-0.25, -0.2) is 4.39 Å². The van der Waals surface area contributed by atoms with Gasteiger partial charge in [0.15, 0.2) is 0 Å². The third kappa shape index (κ3) is 3.69. The average Bonchev–Trinajstić information content (AvgIpc) is 2.40. The van der Waals surface area contributed by atoms with Crippen molar-refractivity contribution >= 4 is 44.7 Å². The first-order valence-corrected chi connectivity index (χ1v) is 7.21. The highest BCUT2D eigenvalue weighted by molar-refractivity contribution is 9.10. The van der Waals surface area contributed by atoms with Crippen molar-refractivity contribution in [1.82, 2.24) is 0 Å². The first kappa shape index (κ1) is 15.2. The molecule has 2 nitrogen and oxygen atoms in total. The molecule has 0 saturated carbocycles. The molecule has 2 N–H and O–H groups in total. The number of benzene rings is 2. The second-order valence-corrected chi connectivity index (χ2v) is 5.74. The molecule has 0 bridgehead atoms. The second kappa shape index (κ2) is 6.52. The number of rotatable bonds is 4. The molecule has 0 saturated heterocycles. The van der Waals surface area contributed by atoms with Crippen LogP contribution in [0.2, 0.25) is 5.02 Å². The summed E-state index contributed by atoms with van der Waals surface area (Å²) in [6.45, 7) is 0.307.